The first-order valence-electron chi connectivity index (χ1n) is 9.00. The van der Waals surface area contributed by atoms with Gasteiger partial charge in [-0.15, -0.1) is 0 Å². The Bertz CT molecular complexity index is 1190. The molecule has 1 aliphatic rings. The molecule has 0 bridgehead atoms. The van der Waals surface area contributed by atoms with E-state index in [1.165, 1.54) is 5.56 Å². The minimum absolute atomic E-state index is 0.0872. The number of para-hydroxylation sites is 1. The van der Waals surface area contributed by atoms with E-state index in [2.05, 4.69) is 63.8 Å². The molecular weight excluding hydrogens is 336 g/mol. The molecule has 1 unspecified atom stereocenters. The fourth-order valence-electron chi connectivity index (χ4n) is 3.88. The van der Waals surface area contributed by atoms with Crippen molar-refractivity contribution in [2.24, 2.45) is 4.99 Å². The van der Waals surface area contributed by atoms with Gasteiger partial charge in [-0.1, -0.05) is 48.5 Å². The Morgan fingerprint density at radius 2 is 1.63 bits per heavy atom. The fraction of sp³-hybridized carbons (Fsp3) is 0.143. The Morgan fingerprint density at radius 3 is 2.37 bits per heavy atom. The molecule has 3 N–H and O–H groups in total. The van der Waals surface area contributed by atoms with Crippen LogP contribution < -0.4 is 0 Å². The zero-order chi connectivity index (χ0) is 18.4. The molecule has 6 heteroatoms. The molecule has 0 fully saturated rings. The Morgan fingerprint density at radius 1 is 0.926 bits per heavy atom. The Kier molecular flexibility index (Phi) is 3.50. The summed E-state index contributed by atoms with van der Waals surface area (Å²) in [5.74, 6) is 0.979. The van der Waals surface area contributed by atoms with Gasteiger partial charge in [0, 0.05) is 22.4 Å². The average Bonchev–Trinajstić information content (AvgIpc) is 3.18. The highest BCUT2D eigenvalue weighted by atomic mass is 15.4. The maximum atomic E-state index is 4.98. The number of H-pyrrole nitrogens is 3. The molecule has 1 aliphatic heterocycles. The van der Waals surface area contributed by atoms with E-state index in [0.29, 0.717) is 0 Å². The number of nitrogens with zero attached hydrogens (tertiary/aromatic N) is 3. The van der Waals surface area contributed by atoms with Crippen molar-refractivity contribution in [3.63, 3.8) is 0 Å². The van der Waals surface area contributed by atoms with E-state index in [1.54, 1.807) is 0 Å². The van der Waals surface area contributed by atoms with Crippen LogP contribution in [0.1, 0.15) is 29.7 Å². The van der Waals surface area contributed by atoms with E-state index in [0.717, 1.165) is 39.5 Å². The molecule has 1 atom stereocenters. The summed E-state index contributed by atoms with van der Waals surface area (Å²) in [5, 5.41) is 15.1. The molecule has 0 saturated carbocycles. The fourth-order valence-corrected chi connectivity index (χ4v) is 3.88. The number of rotatable bonds is 2. The monoisotopic (exact) mass is 356 g/mol. The van der Waals surface area contributed by atoms with Crippen LogP contribution in [-0.2, 0) is 0 Å². The molecule has 3 heterocycles. The van der Waals surface area contributed by atoms with Crippen molar-refractivity contribution in [3.05, 3.63) is 77.5 Å². The maximum absolute atomic E-state index is 4.98. The highest BCUT2D eigenvalue weighted by Gasteiger charge is 2.31. The predicted octanol–water partition coefficient (Wildman–Crippen LogP) is 4.68. The third kappa shape index (κ3) is 2.41. The van der Waals surface area contributed by atoms with Crippen LogP contribution in [0.4, 0.5) is 5.82 Å². The molecule has 2 aromatic heterocycles. The number of fused-ring (bicyclic) bond motifs is 3. The molecular formula is C21H20N6. The molecule has 27 heavy (non-hydrogen) atoms. The second kappa shape index (κ2) is 6.02. The molecule has 5 rings (SSSR count). The maximum Gasteiger partial charge on any atom is 0.175 e. The summed E-state index contributed by atoms with van der Waals surface area (Å²) in [6, 6.07) is 20.7. The van der Waals surface area contributed by atoms with Gasteiger partial charge in [0.05, 0.1) is 11.6 Å². The van der Waals surface area contributed by atoms with Crippen molar-refractivity contribution < 1.29 is 0 Å². The van der Waals surface area contributed by atoms with Crippen LogP contribution in [-0.4, -0.2) is 30.9 Å². The van der Waals surface area contributed by atoms with E-state index in [-0.39, 0.29) is 5.92 Å². The van der Waals surface area contributed by atoms with Gasteiger partial charge in [-0.2, -0.15) is 5.10 Å². The summed E-state index contributed by atoms with van der Waals surface area (Å²) in [7, 11) is 0. The minimum atomic E-state index is 0.0872. The van der Waals surface area contributed by atoms with Crippen molar-refractivity contribution in [2.75, 3.05) is 0 Å². The minimum Gasteiger partial charge on any atom is -0.280 e. The number of benzene rings is 2. The number of aryl methyl sites for hydroxylation is 1. The second-order valence-electron chi connectivity index (χ2n) is 6.81. The molecule has 134 valence electrons. The summed E-state index contributed by atoms with van der Waals surface area (Å²) < 4.78 is 1.99. The van der Waals surface area contributed by atoms with Crippen molar-refractivity contribution in [3.8, 4) is 5.69 Å². The van der Waals surface area contributed by atoms with Gasteiger partial charge < -0.3 is 0 Å². The normalized spacial score (nSPS) is 15.6. The third-order valence-electron chi connectivity index (χ3n) is 5.09. The van der Waals surface area contributed by atoms with E-state index >= 15 is 0 Å². The van der Waals surface area contributed by atoms with Crippen LogP contribution in [0.2, 0.25) is 0 Å². The van der Waals surface area contributed by atoms with Crippen molar-refractivity contribution in [1.29, 1.82) is 0 Å². The van der Waals surface area contributed by atoms with Crippen LogP contribution in [0.3, 0.4) is 0 Å². The van der Waals surface area contributed by atoms with E-state index in [9.17, 15) is 0 Å². The van der Waals surface area contributed by atoms with Crippen LogP contribution >= 0.6 is 0 Å². The zero-order valence-electron chi connectivity index (χ0n) is 15.2. The molecule has 0 spiro atoms. The van der Waals surface area contributed by atoms with Crippen molar-refractivity contribution in [1.82, 2.24) is 25.2 Å². The average molecular weight is 356 g/mol. The summed E-state index contributed by atoms with van der Waals surface area (Å²) in [5.41, 5.74) is 6.26. The molecule has 4 aromatic rings. The first-order chi connectivity index (χ1) is 13.2. The van der Waals surface area contributed by atoms with Gasteiger partial charge in [-0.25, -0.2) is 14.9 Å². The Hall–Kier alpha value is -3.54. The lowest BCUT2D eigenvalue weighted by Gasteiger charge is -2.13. The Labute approximate surface area is 156 Å². The van der Waals surface area contributed by atoms with Crippen molar-refractivity contribution >= 4 is 22.6 Å². The SMILES string of the molecule is CC1=Nc2c(c3c(C)[nH]nc3[nH][nH]n2-c2ccccc2)C1c1ccccc1. The number of hydrogen-bond acceptors (Lipinski definition) is 2. The topological polar surface area (TPSA) is 77.6 Å². The van der Waals surface area contributed by atoms with Crippen LogP contribution in [0.5, 0.6) is 0 Å². The third-order valence-corrected chi connectivity index (χ3v) is 5.09. The van der Waals surface area contributed by atoms with Crippen molar-refractivity contribution in [2.45, 2.75) is 19.8 Å². The van der Waals surface area contributed by atoms with Crippen LogP contribution in [0.25, 0.3) is 16.7 Å². The van der Waals surface area contributed by atoms with E-state index in [1.807, 2.05) is 35.9 Å². The lowest BCUT2D eigenvalue weighted by molar-refractivity contribution is 0.768. The molecule has 0 saturated heterocycles. The van der Waals surface area contributed by atoms with Gasteiger partial charge in [-0.05, 0) is 31.5 Å². The van der Waals surface area contributed by atoms with Gasteiger partial charge in [0.25, 0.3) is 0 Å². The lowest BCUT2D eigenvalue weighted by atomic mass is 9.88. The van der Waals surface area contributed by atoms with E-state index < -0.39 is 0 Å². The van der Waals surface area contributed by atoms with Gasteiger partial charge in [-0.3, -0.25) is 10.2 Å². The van der Waals surface area contributed by atoms with E-state index in [4.69, 9.17) is 4.99 Å². The van der Waals surface area contributed by atoms with Gasteiger partial charge in [0.15, 0.2) is 11.5 Å². The standard InChI is InChI=1S/C21H20N6/c1-13-17(15-9-5-3-6-10-15)19-18-14(2)23-24-20(18)25-26-27(21(19)22-13)16-11-7-4-8-12-16/h3-12,17,26H,1-2H3,(H2,23,24,25). The Balaban J connectivity index is 1.90. The molecule has 0 amide bonds. The highest BCUT2D eigenvalue weighted by Crippen LogP contribution is 2.43. The summed E-state index contributed by atoms with van der Waals surface area (Å²) in [4.78, 5) is 4.98. The quantitative estimate of drug-likeness (QED) is 0.479. The smallest absolute Gasteiger partial charge is 0.175 e. The number of aliphatic imine (C=N–C) groups is 1. The second-order valence-corrected chi connectivity index (χ2v) is 6.81. The number of nitrogens with one attached hydrogen (secondary N) is 3. The largest absolute Gasteiger partial charge is 0.280 e. The van der Waals surface area contributed by atoms with Crippen LogP contribution in [0.15, 0.2) is 65.7 Å². The highest BCUT2D eigenvalue weighted by molar-refractivity contribution is 6.03. The number of aromatic amines is 3. The predicted molar refractivity (Wildman–Crippen MR) is 108 cm³/mol. The first-order valence-corrected chi connectivity index (χ1v) is 9.00. The summed E-state index contributed by atoms with van der Waals surface area (Å²) >= 11 is 0. The zero-order valence-corrected chi connectivity index (χ0v) is 15.2. The van der Waals surface area contributed by atoms with Gasteiger partial charge in [0.1, 0.15) is 0 Å². The molecule has 2 aromatic carbocycles. The van der Waals surface area contributed by atoms with Gasteiger partial charge >= 0.3 is 0 Å². The molecule has 0 radical (unpaired) electrons. The van der Waals surface area contributed by atoms with Gasteiger partial charge in [0.2, 0.25) is 0 Å². The lowest BCUT2D eigenvalue weighted by Crippen LogP contribution is -2.06. The molecule has 6 nitrogen and oxygen atoms in total. The number of aromatic nitrogens is 5. The number of hydrogen-bond donors (Lipinski definition) is 3. The molecule has 0 aliphatic carbocycles. The summed E-state index contributed by atoms with van der Waals surface area (Å²) in [6.07, 6.45) is 0. The first kappa shape index (κ1) is 15.7. The van der Waals surface area contributed by atoms with Crippen LogP contribution in [0, 0.1) is 6.92 Å². The summed E-state index contributed by atoms with van der Waals surface area (Å²) in [6.45, 7) is 4.14.